The van der Waals surface area contributed by atoms with E-state index in [0.717, 1.165) is 35.8 Å². The molecular formula is C16H21ClN4OS. The molecule has 2 heterocycles. The van der Waals surface area contributed by atoms with Gasteiger partial charge in [-0.05, 0) is 23.8 Å². The van der Waals surface area contributed by atoms with Gasteiger partial charge >= 0.3 is 0 Å². The number of halogens is 1. The van der Waals surface area contributed by atoms with Gasteiger partial charge in [-0.25, -0.2) is 0 Å². The Kier molecular flexibility index (Phi) is 6.95. The van der Waals surface area contributed by atoms with Gasteiger partial charge in [-0.15, -0.1) is 12.4 Å². The van der Waals surface area contributed by atoms with E-state index in [1.165, 1.54) is 0 Å². The number of thioether (sulfide) groups is 1. The topological polar surface area (TPSA) is 59.0 Å². The zero-order valence-corrected chi connectivity index (χ0v) is 14.4. The molecule has 7 heteroatoms. The highest BCUT2D eigenvalue weighted by Gasteiger charge is 2.16. The Hall–Kier alpha value is -1.50. The molecule has 1 amide bonds. The van der Waals surface area contributed by atoms with Crippen molar-refractivity contribution < 1.29 is 4.79 Å². The van der Waals surface area contributed by atoms with Crippen LogP contribution in [0.15, 0.2) is 42.7 Å². The average Bonchev–Trinajstić information content (AvgIpc) is 3.03. The molecule has 0 bridgehead atoms. The third-order valence-electron chi connectivity index (χ3n) is 3.57. The van der Waals surface area contributed by atoms with Crippen LogP contribution >= 0.6 is 24.2 Å². The Morgan fingerprint density at radius 2 is 2.22 bits per heavy atom. The number of hydrogen-bond acceptors (Lipinski definition) is 4. The fourth-order valence-corrected chi connectivity index (χ4v) is 3.41. The first-order valence-corrected chi connectivity index (χ1v) is 8.62. The van der Waals surface area contributed by atoms with Crippen molar-refractivity contribution in [3.05, 3.63) is 48.3 Å². The number of carbonyl (C=O) groups excluding carboxylic acids is 1. The van der Waals surface area contributed by atoms with Crippen LogP contribution in [0.1, 0.15) is 12.0 Å². The highest BCUT2D eigenvalue weighted by atomic mass is 35.5. The van der Waals surface area contributed by atoms with E-state index in [9.17, 15) is 4.79 Å². The number of nitrogens with one attached hydrogen (secondary N) is 2. The number of rotatable bonds is 5. The SMILES string of the molecule is Cl.O=C(CC1CSCCN1)Nc1ccc(Cn2cccn2)cc1. The highest BCUT2D eigenvalue weighted by Crippen LogP contribution is 2.13. The standard InChI is InChI=1S/C16H20N4OS.ClH/c21-16(10-15-12-22-9-7-17-15)19-14-4-2-13(3-5-14)11-20-8-1-6-18-20;/h1-6,8,15,17H,7,9-12H2,(H,19,21);1H. The predicted molar refractivity (Wildman–Crippen MR) is 97.4 cm³/mol. The molecule has 1 unspecified atom stereocenters. The number of aromatic nitrogens is 2. The van der Waals surface area contributed by atoms with Crippen molar-refractivity contribution in [3.63, 3.8) is 0 Å². The first kappa shape index (κ1) is 17.8. The van der Waals surface area contributed by atoms with E-state index in [4.69, 9.17) is 0 Å². The van der Waals surface area contributed by atoms with Crippen molar-refractivity contribution in [3.8, 4) is 0 Å². The molecule has 0 aliphatic carbocycles. The van der Waals surface area contributed by atoms with Crippen LogP contribution in [0.4, 0.5) is 5.69 Å². The van der Waals surface area contributed by atoms with Gasteiger partial charge in [0.25, 0.3) is 0 Å². The van der Waals surface area contributed by atoms with Crippen molar-refractivity contribution >= 4 is 35.8 Å². The van der Waals surface area contributed by atoms with Crippen LogP contribution in [0.25, 0.3) is 0 Å². The summed E-state index contributed by atoms with van der Waals surface area (Å²) in [5, 5.41) is 10.5. The number of amides is 1. The molecule has 1 aromatic heterocycles. The second-order valence-electron chi connectivity index (χ2n) is 5.38. The van der Waals surface area contributed by atoms with Crippen molar-refractivity contribution in [2.75, 3.05) is 23.4 Å². The normalized spacial score (nSPS) is 17.3. The van der Waals surface area contributed by atoms with Crippen LogP contribution < -0.4 is 10.6 Å². The summed E-state index contributed by atoms with van der Waals surface area (Å²) in [6, 6.07) is 10.1. The van der Waals surface area contributed by atoms with Gasteiger partial charge in [-0.2, -0.15) is 16.9 Å². The smallest absolute Gasteiger partial charge is 0.225 e. The van der Waals surface area contributed by atoms with Gasteiger partial charge in [-0.1, -0.05) is 12.1 Å². The van der Waals surface area contributed by atoms with Gasteiger partial charge in [0, 0.05) is 48.6 Å². The highest BCUT2D eigenvalue weighted by molar-refractivity contribution is 7.99. The summed E-state index contributed by atoms with van der Waals surface area (Å²) in [4.78, 5) is 12.0. The summed E-state index contributed by atoms with van der Waals surface area (Å²) >= 11 is 1.90. The summed E-state index contributed by atoms with van der Waals surface area (Å²) in [6.45, 7) is 1.73. The number of nitrogens with zero attached hydrogens (tertiary/aromatic N) is 2. The monoisotopic (exact) mass is 352 g/mol. The van der Waals surface area contributed by atoms with E-state index in [2.05, 4.69) is 15.7 Å². The molecule has 23 heavy (non-hydrogen) atoms. The lowest BCUT2D eigenvalue weighted by molar-refractivity contribution is -0.116. The molecule has 1 aromatic carbocycles. The zero-order valence-electron chi connectivity index (χ0n) is 12.8. The van der Waals surface area contributed by atoms with Crippen LogP contribution in [0.3, 0.4) is 0 Å². The quantitative estimate of drug-likeness (QED) is 0.867. The van der Waals surface area contributed by atoms with E-state index in [1.807, 2.05) is 53.0 Å². The molecule has 1 atom stereocenters. The van der Waals surface area contributed by atoms with Gasteiger partial charge in [0.05, 0.1) is 6.54 Å². The first-order valence-electron chi connectivity index (χ1n) is 7.47. The Morgan fingerprint density at radius 1 is 1.39 bits per heavy atom. The van der Waals surface area contributed by atoms with Crippen LogP contribution in [0, 0.1) is 0 Å². The molecule has 1 aliphatic heterocycles. The van der Waals surface area contributed by atoms with E-state index in [1.54, 1.807) is 6.20 Å². The Bertz CT molecular complexity index is 597. The Labute approximate surface area is 146 Å². The molecule has 1 fully saturated rings. The largest absolute Gasteiger partial charge is 0.326 e. The Morgan fingerprint density at radius 3 is 2.87 bits per heavy atom. The third-order valence-corrected chi connectivity index (χ3v) is 4.70. The van der Waals surface area contributed by atoms with Crippen molar-refractivity contribution in [2.45, 2.75) is 19.0 Å². The fourth-order valence-electron chi connectivity index (χ4n) is 2.46. The van der Waals surface area contributed by atoms with Crippen molar-refractivity contribution in [1.29, 1.82) is 0 Å². The third kappa shape index (κ3) is 5.57. The molecule has 5 nitrogen and oxygen atoms in total. The lowest BCUT2D eigenvalue weighted by atomic mass is 10.2. The van der Waals surface area contributed by atoms with E-state index in [-0.39, 0.29) is 24.4 Å². The first-order chi connectivity index (χ1) is 10.8. The van der Waals surface area contributed by atoms with Crippen LogP contribution in [0.2, 0.25) is 0 Å². The zero-order chi connectivity index (χ0) is 15.2. The molecule has 2 N–H and O–H groups in total. The van der Waals surface area contributed by atoms with Crippen LogP contribution in [0.5, 0.6) is 0 Å². The maximum atomic E-state index is 12.0. The average molecular weight is 353 g/mol. The minimum absolute atomic E-state index is 0. The lowest BCUT2D eigenvalue weighted by Gasteiger charge is -2.22. The predicted octanol–water partition coefficient (Wildman–Crippen LogP) is 2.39. The summed E-state index contributed by atoms with van der Waals surface area (Å²) in [5.41, 5.74) is 2.00. The van der Waals surface area contributed by atoms with E-state index in [0.29, 0.717) is 6.42 Å². The number of anilines is 1. The molecule has 124 valence electrons. The van der Waals surface area contributed by atoms with E-state index < -0.39 is 0 Å². The van der Waals surface area contributed by atoms with Gasteiger partial charge in [-0.3, -0.25) is 9.48 Å². The van der Waals surface area contributed by atoms with Gasteiger partial charge < -0.3 is 10.6 Å². The lowest BCUT2D eigenvalue weighted by Crippen LogP contribution is -2.39. The molecule has 3 rings (SSSR count). The van der Waals surface area contributed by atoms with Gasteiger partial charge in [0.1, 0.15) is 0 Å². The second kappa shape index (κ2) is 8.96. The summed E-state index contributed by atoms with van der Waals surface area (Å²) in [7, 11) is 0. The minimum atomic E-state index is 0. The van der Waals surface area contributed by atoms with Gasteiger partial charge in [0.15, 0.2) is 0 Å². The molecule has 0 radical (unpaired) electrons. The molecule has 2 aromatic rings. The maximum absolute atomic E-state index is 12.0. The number of benzene rings is 1. The summed E-state index contributed by atoms with van der Waals surface area (Å²) < 4.78 is 1.87. The van der Waals surface area contributed by atoms with E-state index >= 15 is 0 Å². The summed E-state index contributed by atoms with van der Waals surface area (Å²) in [6.07, 6.45) is 4.24. The van der Waals surface area contributed by atoms with Gasteiger partial charge in [0.2, 0.25) is 5.91 Å². The van der Waals surface area contributed by atoms with Crippen LogP contribution in [-0.4, -0.2) is 39.8 Å². The number of carbonyl (C=O) groups is 1. The molecule has 0 spiro atoms. The minimum Gasteiger partial charge on any atom is -0.326 e. The van der Waals surface area contributed by atoms with Crippen molar-refractivity contribution in [1.82, 2.24) is 15.1 Å². The maximum Gasteiger partial charge on any atom is 0.225 e. The molecule has 1 saturated heterocycles. The summed E-state index contributed by atoms with van der Waals surface area (Å²) in [5.74, 6) is 2.21. The van der Waals surface area contributed by atoms with Crippen LogP contribution in [-0.2, 0) is 11.3 Å². The molecule has 1 aliphatic rings. The molecular weight excluding hydrogens is 332 g/mol. The fraction of sp³-hybridized carbons (Fsp3) is 0.375. The Balaban J connectivity index is 0.00000192. The number of hydrogen-bond donors (Lipinski definition) is 2. The van der Waals surface area contributed by atoms with Crippen molar-refractivity contribution in [2.24, 2.45) is 0 Å². The second-order valence-corrected chi connectivity index (χ2v) is 6.53. The molecule has 0 saturated carbocycles.